The monoisotopic (exact) mass is 274 g/mol. The van der Waals surface area contributed by atoms with E-state index in [2.05, 4.69) is 15.3 Å². The maximum absolute atomic E-state index is 11.8. The Morgan fingerprint density at radius 1 is 1.35 bits per heavy atom. The molecule has 3 N–H and O–H groups in total. The normalized spacial score (nSPS) is 12.4. The first kappa shape index (κ1) is 14.0. The zero-order valence-corrected chi connectivity index (χ0v) is 11.8. The number of hydrogen-bond donors (Lipinski definition) is 2. The number of carbonyl (C=O) groups excluding carboxylic acids is 1. The molecule has 1 unspecified atom stereocenters. The summed E-state index contributed by atoms with van der Waals surface area (Å²) in [5.74, 6) is 0.315. The van der Waals surface area contributed by atoms with Crippen LogP contribution in [0.4, 0.5) is 11.5 Å². The van der Waals surface area contributed by atoms with Crippen LogP contribution < -0.4 is 11.1 Å². The van der Waals surface area contributed by atoms with E-state index < -0.39 is 6.04 Å². The van der Waals surface area contributed by atoms with Gasteiger partial charge in [0.05, 0.1) is 12.6 Å². The van der Waals surface area contributed by atoms with Gasteiger partial charge >= 0.3 is 5.97 Å². The van der Waals surface area contributed by atoms with Gasteiger partial charge in [-0.3, -0.25) is 0 Å². The van der Waals surface area contributed by atoms with Gasteiger partial charge in [-0.15, -0.1) is 0 Å². The van der Waals surface area contributed by atoms with Gasteiger partial charge in [0.2, 0.25) is 0 Å². The summed E-state index contributed by atoms with van der Waals surface area (Å²) in [6.45, 7) is 3.87. The molecule has 2 rings (SSSR count). The van der Waals surface area contributed by atoms with Gasteiger partial charge in [-0.1, -0.05) is 13.8 Å². The van der Waals surface area contributed by atoms with Crippen LogP contribution in [0.5, 0.6) is 0 Å². The van der Waals surface area contributed by atoms with Crippen LogP contribution in [0, 0.1) is 5.92 Å². The van der Waals surface area contributed by atoms with Crippen molar-refractivity contribution in [3.8, 4) is 0 Å². The van der Waals surface area contributed by atoms with Crippen LogP contribution in [0.3, 0.4) is 0 Å². The number of aromatic nitrogens is 2. The molecule has 0 bridgehead atoms. The fraction of sp³-hybridized carbons (Fsp3) is 0.357. The fourth-order valence-corrected chi connectivity index (χ4v) is 1.96. The van der Waals surface area contributed by atoms with Gasteiger partial charge < -0.3 is 15.8 Å². The minimum absolute atomic E-state index is 0.0634. The van der Waals surface area contributed by atoms with Gasteiger partial charge in [0.15, 0.2) is 0 Å². The molecule has 1 aromatic heterocycles. The Labute approximate surface area is 117 Å². The summed E-state index contributed by atoms with van der Waals surface area (Å²) in [5, 5.41) is 3.90. The van der Waals surface area contributed by atoms with Crippen molar-refractivity contribution in [1.82, 2.24) is 9.97 Å². The number of carbonyl (C=O) groups is 1. The third-order valence-electron chi connectivity index (χ3n) is 3.07. The van der Waals surface area contributed by atoms with E-state index in [0.29, 0.717) is 11.5 Å². The first-order valence-electron chi connectivity index (χ1n) is 6.37. The predicted octanol–water partition coefficient (Wildman–Crippen LogP) is 1.82. The van der Waals surface area contributed by atoms with Crippen molar-refractivity contribution in [3.63, 3.8) is 0 Å². The number of methoxy groups -OCH3 is 1. The lowest BCUT2D eigenvalue weighted by atomic mass is 10.0. The van der Waals surface area contributed by atoms with Crippen LogP contribution in [-0.4, -0.2) is 29.1 Å². The number of nitrogens with zero attached hydrogens (tertiary/aromatic N) is 2. The first-order valence-corrected chi connectivity index (χ1v) is 6.37. The van der Waals surface area contributed by atoms with Crippen molar-refractivity contribution < 1.29 is 9.53 Å². The van der Waals surface area contributed by atoms with E-state index in [-0.39, 0.29) is 11.9 Å². The van der Waals surface area contributed by atoms with Gasteiger partial charge in [0.25, 0.3) is 0 Å². The van der Waals surface area contributed by atoms with Crippen LogP contribution in [0.1, 0.15) is 13.8 Å². The van der Waals surface area contributed by atoms with Gasteiger partial charge in [-0.25, -0.2) is 14.8 Å². The molecule has 6 heteroatoms. The van der Waals surface area contributed by atoms with E-state index in [1.54, 1.807) is 12.1 Å². The van der Waals surface area contributed by atoms with E-state index in [0.717, 1.165) is 10.9 Å². The van der Waals surface area contributed by atoms with Crippen molar-refractivity contribution in [2.45, 2.75) is 19.9 Å². The minimum Gasteiger partial charge on any atom is -0.467 e. The Morgan fingerprint density at radius 3 is 2.75 bits per heavy atom. The molecule has 1 atom stereocenters. The second-order valence-electron chi connectivity index (χ2n) is 4.89. The number of nitrogen functional groups attached to an aromatic ring is 1. The summed E-state index contributed by atoms with van der Waals surface area (Å²) in [4.78, 5) is 20.2. The highest BCUT2D eigenvalue weighted by Crippen LogP contribution is 2.23. The smallest absolute Gasteiger partial charge is 0.328 e. The SMILES string of the molecule is COC(=O)C(Nc1ncnc2ccc(N)cc12)C(C)C. The van der Waals surface area contributed by atoms with Crippen LogP contribution >= 0.6 is 0 Å². The summed E-state index contributed by atoms with van der Waals surface area (Å²) in [6, 6.07) is 4.91. The molecule has 6 nitrogen and oxygen atoms in total. The summed E-state index contributed by atoms with van der Waals surface area (Å²) < 4.78 is 4.81. The van der Waals surface area contributed by atoms with Gasteiger partial charge in [-0.05, 0) is 24.1 Å². The van der Waals surface area contributed by atoms with Crippen molar-refractivity contribution >= 4 is 28.4 Å². The van der Waals surface area contributed by atoms with Crippen molar-refractivity contribution in [2.75, 3.05) is 18.2 Å². The molecule has 1 heterocycles. The van der Waals surface area contributed by atoms with Crippen LogP contribution in [0.2, 0.25) is 0 Å². The molecule has 2 aromatic rings. The standard InChI is InChI=1S/C14H18N4O2/c1-8(2)12(14(19)20-3)18-13-10-6-9(15)4-5-11(10)16-7-17-13/h4-8,12H,15H2,1-3H3,(H,16,17,18). The van der Waals surface area contributed by atoms with Crippen molar-refractivity contribution in [2.24, 2.45) is 5.92 Å². The predicted molar refractivity (Wildman–Crippen MR) is 78.2 cm³/mol. The Balaban J connectivity index is 2.42. The number of rotatable bonds is 4. The lowest BCUT2D eigenvalue weighted by Gasteiger charge is -2.21. The second-order valence-corrected chi connectivity index (χ2v) is 4.89. The summed E-state index contributed by atoms with van der Waals surface area (Å²) in [7, 11) is 1.37. The second kappa shape index (κ2) is 5.73. The van der Waals surface area contributed by atoms with Gasteiger partial charge in [-0.2, -0.15) is 0 Å². The number of nitrogens with one attached hydrogen (secondary N) is 1. The van der Waals surface area contributed by atoms with Crippen LogP contribution in [0.15, 0.2) is 24.5 Å². The third-order valence-corrected chi connectivity index (χ3v) is 3.07. The molecular formula is C14H18N4O2. The highest BCUT2D eigenvalue weighted by Gasteiger charge is 2.23. The molecule has 20 heavy (non-hydrogen) atoms. The van der Waals surface area contributed by atoms with E-state index in [4.69, 9.17) is 10.5 Å². The third kappa shape index (κ3) is 2.79. The number of benzene rings is 1. The van der Waals surface area contributed by atoms with Gasteiger partial charge in [0, 0.05) is 11.1 Å². The fourth-order valence-electron chi connectivity index (χ4n) is 1.96. The molecule has 0 aliphatic carbocycles. The summed E-state index contributed by atoms with van der Waals surface area (Å²) in [6.07, 6.45) is 1.45. The molecule has 106 valence electrons. The van der Waals surface area contributed by atoms with E-state index in [9.17, 15) is 4.79 Å². The Morgan fingerprint density at radius 2 is 2.10 bits per heavy atom. The van der Waals surface area contributed by atoms with Crippen molar-refractivity contribution in [1.29, 1.82) is 0 Å². The van der Waals surface area contributed by atoms with Gasteiger partial charge in [0.1, 0.15) is 18.2 Å². The quantitative estimate of drug-likeness (QED) is 0.653. The summed E-state index contributed by atoms with van der Waals surface area (Å²) in [5.41, 5.74) is 7.18. The average molecular weight is 274 g/mol. The molecule has 0 radical (unpaired) electrons. The Hall–Kier alpha value is -2.37. The largest absolute Gasteiger partial charge is 0.467 e. The highest BCUT2D eigenvalue weighted by molar-refractivity contribution is 5.92. The lowest BCUT2D eigenvalue weighted by molar-refractivity contribution is -0.142. The highest BCUT2D eigenvalue weighted by atomic mass is 16.5. The van der Waals surface area contributed by atoms with Crippen molar-refractivity contribution in [3.05, 3.63) is 24.5 Å². The Kier molecular flexibility index (Phi) is 4.02. The molecular weight excluding hydrogens is 256 g/mol. The average Bonchev–Trinajstić information content (AvgIpc) is 2.43. The molecule has 0 aliphatic heterocycles. The van der Waals surface area contributed by atoms with E-state index >= 15 is 0 Å². The van der Waals surface area contributed by atoms with Crippen LogP contribution in [-0.2, 0) is 9.53 Å². The number of fused-ring (bicyclic) bond motifs is 1. The number of anilines is 2. The minimum atomic E-state index is -0.473. The maximum atomic E-state index is 11.8. The van der Waals surface area contributed by atoms with E-state index in [1.807, 2.05) is 19.9 Å². The van der Waals surface area contributed by atoms with E-state index in [1.165, 1.54) is 13.4 Å². The molecule has 0 saturated carbocycles. The zero-order valence-electron chi connectivity index (χ0n) is 11.8. The van der Waals surface area contributed by atoms with Crippen LogP contribution in [0.25, 0.3) is 10.9 Å². The molecule has 0 amide bonds. The molecule has 0 spiro atoms. The molecule has 1 aromatic carbocycles. The number of esters is 1. The molecule has 0 fully saturated rings. The number of nitrogens with two attached hydrogens (primary N) is 1. The number of ether oxygens (including phenoxy) is 1. The topological polar surface area (TPSA) is 90.1 Å². The first-order chi connectivity index (χ1) is 9.52. The molecule has 0 aliphatic rings. The lowest BCUT2D eigenvalue weighted by Crippen LogP contribution is -2.35. The summed E-state index contributed by atoms with van der Waals surface area (Å²) >= 11 is 0. The Bertz CT molecular complexity index is 628. The zero-order chi connectivity index (χ0) is 14.7. The number of hydrogen-bond acceptors (Lipinski definition) is 6. The maximum Gasteiger partial charge on any atom is 0.328 e. The molecule has 0 saturated heterocycles.